The molecular weight excluding hydrogens is 411 g/mol. The van der Waals surface area contributed by atoms with E-state index in [0.29, 0.717) is 44.6 Å². The van der Waals surface area contributed by atoms with Crippen molar-refractivity contribution in [3.63, 3.8) is 0 Å². The zero-order valence-electron chi connectivity index (χ0n) is 18.2. The van der Waals surface area contributed by atoms with Gasteiger partial charge in [0.15, 0.2) is 11.6 Å². The number of dihydropyridines is 1. The van der Waals surface area contributed by atoms with Gasteiger partial charge in [0.25, 0.3) is 5.91 Å². The molecule has 166 valence electrons. The van der Waals surface area contributed by atoms with E-state index in [1.165, 1.54) is 24.3 Å². The number of hydrogen-bond donors (Lipinski definition) is 1. The third-order valence-corrected chi connectivity index (χ3v) is 7.47. The molecule has 1 amide bonds. The number of halogens is 1. The van der Waals surface area contributed by atoms with Gasteiger partial charge in [-0.15, -0.1) is 5.11 Å². The summed E-state index contributed by atoms with van der Waals surface area (Å²) in [5, 5.41) is 12.0. The second-order valence-electron chi connectivity index (χ2n) is 10.5. The molecule has 6 rings (SSSR count). The average Bonchev–Trinajstić information content (AvgIpc) is 3.32. The number of likely N-dealkylation sites (tertiary alicyclic amines) is 1. The van der Waals surface area contributed by atoms with Crippen LogP contribution in [0.4, 0.5) is 4.39 Å². The number of azo groups is 1. The first kappa shape index (κ1) is 19.8. The van der Waals surface area contributed by atoms with Crippen molar-refractivity contribution >= 4 is 11.7 Å². The third kappa shape index (κ3) is 2.75. The van der Waals surface area contributed by atoms with Gasteiger partial charge in [0.2, 0.25) is 0 Å². The molecule has 4 aliphatic heterocycles. The Labute approximate surface area is 185 Å². The van der Waals surface area contributed by atoms with Crippen molar-refractivity contribution in [2.24, 2.45) is 21.1 Å². The molecule has 7 nitrogen and oxygen atoms in total. The number of fused-ring (bicyclic) bond motifs is 2. The molecule has 0 saturated carbocycles. The predicted molar refractivity (Wildman–Crippen MR) is 113 cm³/mol. The van der Waals surface area contributed by atoms with E-state index in [1.54, 1.807) is 4.90 Å². The van der Waals surface area contributed by atoms with Gasteiger partial charge in [-0.05, 0) is 42.5 Å². The van der Waals surface area contributed by atoms with Crippen LogP contribution < -0.4 is 5.32 Å². The molecule has 4 heterocycles. The lowest BCUT2D eigenvalue weighted by Gasteiger charge is -2.48. The summed E-state index contributed by atoms with van der Waals surface area (Å²) < 4.78 is 19.6. The van der Waals surface area contributed by atoms with Crippen molar-refractivity contribution in [2.75, 3.05) is 26.2 Å². The Hall–Kier alpha value is -2.87. The van der Waals surface area contributed by atoms with E-state index in [2.05, 4.69) is 29.4 Å². The van der Waals surface area contributed by atoms with Crippen molar-refractivity contribution < 1.29 is 18.7 Å². The summed E-state index contributed by atoms with van der Waals surface area (Å²) in [5.41, 5.74) is 2.16. The van der Waals surface area contributed by atoms with Gasteiger partial charge in [0, 0.05) is 28.8 Å². The monoisotopic (exact) mass is 436 g/mol. The largest absolute Gasteiger partial charge is 0.370 e. The molecule has 5 aliphatic rings. The fourth-order valence-corrected chi connectivity index (χ4v) is 6.12. The Morgan fingerprint density at radius 2 is 1.94 bits per heavy atom. The van der Waals surface area contributed by atoms with Crippen molar-refractivity contribution in [1.29, 1.82) is 0 Å². The number of carbonyl (C=O) groups is 2. The summed E-state index contributed by atoms with van der Waals surface area (Å²) in [4.78, 5) is 27.9. The van der Waals surface area contributed by atoms with E-state index < -0.39 is 11.0 Å². The van der Waals surface area contributed by atoms with Gasteiger partial charge in [0.1, 0.15) is 11.4 Å². The highest BCUT2D eigenvalue weighted by atomic mass is 19.1. The van der Waals surface area contributed by atoms with Crippen LogP contribution in [0, 0.1) is 16.6 Å². The number of ether oxygens (including phenoxy) is 1. The maximum atomic E-state index is 13.4. The minimum Gasteiger partial charge on any atom is -0.370 e. The maximum Gasteiger partial charge on any atom is 0.254 e. The number of carbonyl (C=O) groups excluding carboxylic acids is 2. The highest BCUT2D eigenvalue weighted by Gasteiger charge is 2.63. The SMILES string of the molecule is CC1(C)CC(=O)C2=C(C1)NC1=C(CN=N1)C21COC2(CN(C(=O)c3ccc(F)cc3)C2)C1. The second kappa shape index (κ2) is 6.34. The van der Waals surface area contributed by atoms with Crippen LogP contribution in [0.25, 0.3) is 0 Å². The van der Waals surface area contributed by atoms with Gasteiger partial charge in [-0.1, -0.05) is 13.8 Å². The molecule has 2 fully saturated rings. The molecule has 1 aliphatic carbocycles. The number of amides is 1. The summed E-state index contributed by atoms with van der Waals surface area (Å²) in [6.07, 6.45) is 1.93. The molecule has 1 atom stereocenters. The molecule has 0 bridgehead atoms. The molecule has 1 aromatic carbocycles. The number of ketones is 1. The van der Waals surface area contributed by atoms with Crippen LogP contribution in [0.5, 0.6) is 0 Å². The molecule has 2 saturated heterocycles. The molecule has 32 heavy (non-hydrogen) atoms. The van der Waals surface area contributed by atoms with Crippen molar-refractivity contribution in [3.05, 3.63) is 58.3 Å². The van der Waals surface area contributed by atoms with E-state index in [-0.39, 0.29) is 22.9 Å². The molecular formula is C24H25FN4O3. The maximum absolute atomic E-state index is 13.4. The number of benzene rings is 1. The number of rotatable bonds is 1. The predicted octanol–water partition coefficient (Wildman–Crippen LogP) is 3.35. The van der Waals surface area contributed by atoms with Crippen LogP contribution in [0.3, 0.4) is 0 Å². The summed E-state index contributed by atoms with van der Waals surface area (Å²) in [6.45, 7) is 6.01. The average molecular weight is 436 g/mol. The summed E-state index contributed by atoms with van der Waals surface area (Å²) in [7, 11) is 0. The summed E-state index contributed by atoms with van der Waals surface area (Å²) in [5.74, 6) is 0.427. The Bertz CT molecular complexity index is 1140. The summed E-state index contributed by atoms with van der Waals surface area (Å²) in [6, 6.07) is 5.60. The zero-order valence-corrected chi connectivity index (χ0v) is 18.2. The minimum atomic E-state index is -0.530. The first-order chi connectivity index (χ1) is 15.2. The van der Waals surface area contributed by atoms with Gasteiger partial charge in [-0.2, -0.15) is 5.11 Å². The van der Waals surface area contributed by atoms with E-state index in [4.69, 9.17) is 4.74 Å². The van der Waals surface area contributed by atoms with Crippen LogP contribution in [0.1, 0.15) is 43.5 Å². The van der Waals surface area contributed by atoms with E-state index >= 15 is 0 Å². The zero-order chi connectivity index (χ0) is 22.3. The third-order valence-electron chi connectivity index (χ3n) is 7.47. The molecule has 1 unspecified atom stereocenters. The first-order valence-electron chi connectivity index (χ1n) is 11.0. The molecule has 0 aromatic heterocycles. The fraction of sp³-hybridized carbons (Fsp3) is 0.500. The standard InChI is InChI=1S/C24H25FN4O3/c1-22(2)7-17-19(18(30)8-22)24(16-9-26-28-20(16)27-17)10-23(32-13-24)11-29(12-23)21(31)14-3-5-15(25)6-4-14/h3-6,27H,7-13H2,1-2H3. The number of allylic oxidation sites excluding steroid dienone is 1. The van der Waals surface area contributed by atoms with Crippen molar-refractivity contribution in [1.82, 2.24) is 10.2 Å². The van der Waals surface area contributed by atoms with Crippen LogP contribution in [0.2, 0.25) is 0 Å². The molecule has 8 heteroatoms. The number of Topliss-reactive ketones (excluding diaryl/α,β-unsaturated/α-hetero) is 1. The highest BCUT2D eigenvalue weighted by molar-refractivity contribution is 6.00. The van der Waals surface area contributed by atoms with Crippen LogP contribution in [-0.4, -0.2) is 48.4 Å². The van der Waals surface area contributed by atoms with Gasteiger partial charge in [0.05, 0.1) is 31.7 Å². The van der Waals surface area contributed by atoms with Crippen LogP contribution in [-0.2, 0) is 9.53 Å². The first-order valence-corrected chi connectivity index (χ1v) is 11.0. The Morgan fingerprint density at radius 3 is 2.69 bits per heavy atom. The Kier molecular flexibility index (Phi) is 3.92. The van der Waals surface area contributed by atoms with Gasteiger partial charge < -0.3 is 15.0 Å². The molecule has 1 aromatic rings. The van der Waals surface area contributed by atoms with Crippen molar-refractivity contribution in [2.45, 2.75) is 38.7 Å². The molecule has 2 spiro atoms. The van der Waals surface area contributed by atoms with Crippen molar-refractivity contribution in [3.8, 4) is 0 Å². The van der Waals surface area contributed by atoms with Crippen LogP contribution in [0.15, 0.2) is 57.2 Å². The van der Waals surface area contributed by atoms with Crippen LogP contribution >= 0.6 is 0 Å². The number of nitrogens with one attached hydrogen (secondary N) is 1. The number of nitrogens with zero attached hydrogens (tertiary/aromatic N) is 3. The molecule has 1 N–H and O–H groups in total. The second-order valence-corrected chi connectivity index (χ2v) is 10.5. The van der Waals surface area contributed by atoms with Gasteiger partial charge in [-0.25, -0.2) is 4.39 Å². The Balaban J connectivity index is 1.29. The molecule has 0 radical (unpaired) electrons. The fourth-order valence-electron chi connectivity index (χ4n) is 6.12. The topological polar surface area (TPSA) is 83.4 Å². The Morgan fingerprint density at radius 1 is 1.19 bits per heavy atom. The minimum absolute atomic E-state index is 0.107. The van der Waals surface area contributed by atoms with E-state index in [1.807, 2.05) is 0 Å². The van der Waals surface area contributed by atoms with E-state index in [0.717, 1.165) is 29.1 Å². The smallest absolute Gasteiger partial charge is 0.254 e. The normalized spacial score (nSPS) is 29.3. The quantitative estimate of drug-likeness (QED) is 0.732. The lowest BCUT2D eigenvalue weighted by Crippen LogP contribution is -2.63. The summed E-state index contributed by atoms with van der Waals surface area (Å²) >= 11 is 0. The lowest BCUT2D eigenvalue weighted by molar-refractivity contribution is -0.119. The highest BCUT2D eigenvalue weighted by Crippen LogP contribution is 2.58. The van der Waals surface area contributed by atoms with Gasteiger partial charge in [-0.3, -0.25) is 9.59 Å². The van der Waals surface area contributed by atoms with E-state index in [9.17, 15) is 14.0 Å². The van der Waals surface area contributed by atoms with Gasteiger partial charge >= 0.3 is 0 Å². The lowest BCUT2D eigenvalue weighted by atomic mass is 9.61. The number of hydrogen-bond acceptors (Lipinski definition) is 6.